The summed E-state index contributed by atoms with van der Waals surface area (Å²) >= 11 is 1.92. The smallest absolute Gasteiger partial charge is 0.0415 e. The van der Waals surface area contributed by atoms with E-state index in [1.807, 2.05) is 18.8 Å². The topological polar surface area (TPSA) is 12.0 Å². The fourth-order valence-corrected chi connectivity index (χ4v) is 3.60. The van der Waals surface area contributed by atoms with Crippen LogP contribution in [0.25, 0.3) is 0 Å². The van der Waals surface area contributed by atoms with Crippen LogP contribution in [0.2, 0.25) is 0 Å². The molecule has 1 unspecified atom stereocenters. The Morgan fingerprint density at radius 1 is 1.00 bits per heavy atom. The van der Waals surface area contributed by atoms with Gasteiger partial charge in [0.15, 0.2) is 0 Å². The van der Waals surface area contributed by atoms with Gasteiger partial charge in [0.05, 0.1) is 0 Å². The number of hydrogen-bond donors (Lipinski definition) is 1. The normalized spacial score (nSPS) is 12.4. The monoisotopic (exact) mass is 285 g/mol. The third kappa shape index (κ3) is 3.65. The van der Waals surface area contributed by atoms with Crippen LogP contribution in [-0.2, 0) is 0 Å². The number of rotatable bonds is 5. The van der Waals surface area contributed by atoms with Crippen LogP contribution >= 0.6 is 11.8 Å². The quantitative estimate of drug-likeness (QED) is 0.802. The zero-order valence-electron chi connectivity index (χ0n) is 12.7. The maximum Gasteiger partial charge on any atom is 0.0415 e. The number of benzene rings is 2. The second-order valence-corrected chi connectivity index (χ2v) is 6.34. The van der Waals surface area contributed by atoms with E-state index in [1.165, 1.54) is 27.1 Å². The molecule has 2 heteroatoms. The van der Waals surface area contributed by atoms with Gasteiger partial charge in [0, 0.05) is 16.7 Å². The molecule has 0 radical (unpaired) electrons. The Bertz CT molecular complexity index is 577. The van der Waals surface area contributed by atoms with Crippen molar-refractivity contribution in [1.29, 1.82) is 0 Å². The standard InChI is InChI=1S/C18H23NS/c1-13-9-10-16(15(3)11-13)17(19-4)12-20-18-8-6-5-7-14(18)2/h5-11,17,19H,12H2,1-4H3. The number of nitrogens with one attached hydrogen (secondary N) is 1. The zero-order chi connectivity index (χ0) is 14.5. The molecule has 0 fully saturated rings. The Labute approximate surface area is 126 Å². The van der Waals surface area contributed by atoms with E-state index in [9.17, 15) is 0 Å². The summed E-state index contributed by atoms with van der Waals surface area (Å²) in [5, 5.41) is 3.45. The molecule has 1 N–H and O–H groups in total. The molecule has 0 aromatic heterocycles. The van der Waals surface area contributed by atoms with E-state index < -0.39 is 0 Å². The van der Waals surface area contributed by atoms with Crippen LogP contribution in [0.4, 0.5) is 0 Å². The lowest BCUT2D eigenvalue weighted by atomic mass is 10.0. The van der Waals surface area contributed by atoms with Gasteiger partial charge >= 0.3 is 0 Å². The van der Waals surface area contributed by atoms with Crippen molar-refractivity contribution in [3.05, 3.63) is 64.7 Å². The van der Waals surface area contributed by atoms with Crippen molar-refractivity contribution < 1.29 is 0 Å². The van der Waals surface area contributed by atoms with Crippen LogP contribution in [0.15, 0.2) is 47.4 Å². The maximum absolute atomic E-state index is 3.45. The first-order valence-electron chi connectivity index (χ1n) is 7.04. The predicted octanol–water partition coefficient (Wildman–Crippen LogP) is 4.66. The molecule has 1 nitrogen and oxygen atoms in total. The molecule has 0 aliphatic rings. The molecule has 20 heavy (non-hydrogen) atoms. The Hall–Kier alpha value is -1.25. The first-order chi connectivity index (χ1) is 9.61. The van der Waals surface area contributed by atoms with E-state index in [0.717, 1.165) is 5.75 Å². The van der Waals surface area contributed by atoms with E-state index in [1.54, 1.807) is 0 Å². The summed E-state index contributed by atoms with van der Waals surface area (Å²) in [5.41, 5.74) is 5.45. The summed E-state index contributed by atoms with van der Waals surface area (Å²) in [5.74, 6) is 1.05. The second kappa shape index (κ2) is 6.96. The summed E-state index contributed by atoms with van der Waals surface area (Å²) in [4.78, 5) is 1.37. The van der Waals surface area contributed by atoms with Gasteiger partial charge in [-0.25, -0.2) is 0 Å². The van der Waals surface area contributed by atoms with Crippen molar-refractivity contribution >= 4 is 11.8 Å². The van der Waals surface area contributed by atoms with E-state index >= 15 is 0 Å². The van der Waals surface area contributed by atoms with Gasteiger partial charge in [-0.2, -0.15) is 0 Å². The Morgan fingerprint density at radius 2 is 1.75 bits per heavy atom. The molecule has 0 heterocycles. The van der Waals surface area contributed by atoms with Crippen LogP contribution in [0.5, 0.6) is 0 Å². The first kappa shape index (κ1) is 15.1. The van der Waals surface area contributed by atoms with Crippen LogP contribution < -0.4 is 5.32 Å². The van der Waals surface area contributed by atoms with E-state index in [4.69, 9.17) is 0 Å². The lowest BCUT2D eigenvalue weighted by molar-refractivity contribution is 0.657. The maximum atomic E-state index is 3.45. The lowest BCUT2D eigenvalue weighted by Crippen LogP contribution is -2.19. The average Bonchev–Trinajstić information content (AvgIpc) is 2.43. The molecule has 2 aromatic carbocycles. The van der Waals surface area contributed by atoms with Gasteiger partial charge in [-0.05, 0) is 50.6 Å². The highest BCUT2D eigenvalue weighted by Gasteiger charge is 2.12. The van der Waals surface area contributed by atoms with E-state index in [0.29, 0.717) is 6.04 Å². The van der Waals surface area contributed by atoms with Crippen molar-refractivity contribution in [1.82, 2.24) is 5.32 Å². The minimum atomic E-state index is 0.389. The molecular formula is C18H23NS. The van der Waals surface area contributed by atoms with Gasteiger partial charge in [0.1, 0.15) is 0 Å². The summed E-state index contributed by atoms with van der Waals surface area (Å²) in [6.07, 6.45) is 0. The molecule has 0 amide bonds. The molecule has 0 aliphatic carbocycles. The van der Waals surface area contributed by atoms with Gasteiger partial charge in [0.2, 0.25) is 0 Å². The SMILES string of the molecule is CNC(CSc1ccccc1C)c1ccc(C)cc1C. The largest absolute Gasteiger partial charge is 0.312 e. The first-order valence-corrected chi connectivity index (χ1v) is 8.03. The van der Waals surface area contributed by atoms with Crippen molar-refractivity contribution in [2.45, 2.75) is 31.7 Å². The predicted molar refractivity (Wildman–Crippen MR) is 89.6 cm³/mol. The zero-order valence-corrected chi connectivity index (χ0v) is 13.6. The number of aryl methyl sites for hydroxylation is 3. The summed E-state index contributed by atoms with van der Waals surface area (Å²) in [7, 11) is 2.04. The van der Waals surface area contributed by atoms with Crippen molar-refractivity contribution in [2.24, 2.45) is 0 Å². The van der Waals surface area contributed by atoms with Crippen LogP contribution in [0.1, 0.15) is 28.3 Å². The van der Waals surface area contributed by atoms with Gasteiger partial charge in [0.25, 0.3) is 0 Å². The molecule has 0 bridgehead atoms. The number of thioether (sulfide) groups is 1. The lowest BCUT2D eigenvalue weighted by Gasteiger charge is -2.19. The van der Waals surface area contributed by atoms with Crippen molar-refractivity contribution in [3.63, 3.8) is 0 Å². The molecule has 0 saturated heterocycles. The second-order valence-electron chi connectivity index (χ2n) is 5.28. The summed E-state index contributed by atoms with van der Waals surface area (Å²) in [6, 6.07) is 15.7. The minimum Gasteiger partial charge on any atom is -0.312 e. The Balaban J connectivity index is 2.11. The molecule has 2 aromatic rings. The third-order valence-electron chi connectivity index (χ3n) is 3.65. The molecule has 0 aliphatic heterocycles. The Morgan fingerprint density at radius 3 is 2.40 bits per heavy atom. The molecule has 0 spiro atoms. The van der Waals surface area contributed by atoms with Gasteiger partial charge in [-0.3, -0.25) is 0 Å². The minimum absolute atomic E-state index is 0.389. The van der Waals surface area contributed by atoms with Crippen molar-refractivity contribution in [3.8, 4) is 0 Å². The van der Waals surface area contributed by atoms with Crippen LogP contribution in [0.3, 0.4) is 0 Å². The molecule has 0 saturated carbocycles. The van der Waals surface area contributed by atoms with Gasteiger partial charge in [-0.15, -0.1) is 11.8 Å². The molecular weight excluding hydrogens is 262 g/mol. The summed E-state index contributed by atoms with van der Waals surface area (Å²) in [6.45, 7) is 6.52. The highest BCUT2D eigenvalue weighted by Crippen LogP contribution is 2.28. The van der Waals surface area contributed by atoms with Crippen molar-refractivity contribution in [2.75, 3.05) is 12.8 Å². The highest BCUT2D eigenvalue weighted by atomic mass is 32.2. The molecule has 106 valence electrons. The van der Waals surface area contributed by atoms with Crippen LogP contribution in [-0.4, -0.2) is 12.8 Å². The molecule has 2 rings (SSSR count). The van der Waals surface area contributed by atoms with Gasteiger partial charge < -0.3 is 5.32 Å². The summed E-state index contributed by atoms with van der Waals surface area (Å²) < 4.78 is 0. The van der Waals surface area contributed by atoms with E-state index in [-0.39, 0.29) is 0 Å². The number of hydrogen-bond acceptors (Lipinski definition) is 2. The average molecular weight is 285 g/mol. The third-order valence-corrected chi connectivity index (χ3v) is 4.92. The van der Waals surface area contributed by atoms with Gasteiger partial charge in [-0.1, -0.05) is 42.0 Å². The van der Waals surface area contributed by atoms with E-state index in [2.05, 4.69) is 68.6 Å². The molecule has 1 atom stereocenters. The van der Waals surface area contributed by atoms with Crippen LogP contribution in [0, 0.1) is 20.8 Å². The fraction of sp³-hybridized carbons (Fsp3) is 0.333. The fourth-order valence-electron chi connectivity index (χ4n) is 2.44. The Kier molecular flexibility index (Phi) is 5.27. The highest BCUT2D eigenvalue weighted by molar-refractivity contribution is 7.99.